The summed E-state index contributed by atoms with van der Waals surface area (Å²) < 4.78 is 49.6. The van der Waals surface area contributed by atoms with Crippen LogP contribution in [0.5, 0.6) is 5.75 Å². The number of benzene rings is 2. The lowest BCUT2D eigenvalue weighted by Gasteiger charge is -2.35. The maximum absolute atomic E-state index is 13.1. The van der Waals surface area contributed by atoms with Gasteiger partial charge in [0.1, 0.15) is 11.6 Å². The van der Waals surface area contributed by atoms with E-state index in [2.05, 4.69) is 4.74 Å². The largest absolute Gasteiger partial charge is 0.456 e. The first kappa shape index (κ1) is 20.4. The molecule has 1 aliphatic rings. The van der Waals surface area contributed by atoms with Crippen molar-refractivity contribution in [2.45, 2.75) is 4.90 Å². The SMILES string of the molecule is O=COCOc1cc(N2CCN(S(=O)(=O)c3ccc(F)cc3)CC2)ccc1Cl. The molecular formula is C18H18ClFN2O5S. The van der Waals surface area contributed by atoms with Crippen LogP contribution in [-0.4, -0.2) is 52.2 Å². The van der Waals surface area contributed by atoms with E-state index in [1.165, 1.54) is 16.4 Å². The first-order valence-electron chi connectivity index (χ1n) is 8.40. The topological polar surface area (TPSA) is 76.2 Å². The number of piperazine rings is 1. The van der Waals surface area contributed by atoms with Crippen LogP contribution in [0.1, 0.15) is 0 Å². The van der Waals surface area contributed by atoms with E-state index in [4.69, 9.17) is 16.3 Å². The maximum atomic E-state index is 13.1. The first-order chi connectivity index (χ1) is 13.4. The van der Waals surface area contributed by atoms with E-state index in [1.54, 1.807) is 18.2 Å². The lowest BCUT2D eigenvalue weighted by Crippen LogP contribution is -2.48. The van der Waals surface area contributed by atoms with Crippen molar-refractivity contribution in [1.29, 1.82) is 0 Å². The molecule has 0 atom stereocenters. The van der Waals surface area contributed by atoms with E-state index in [0.717, 1.165) is 17.8 Å². The summed E-state index contributed by atoms with van der Waals surface area (Å²) in [6, 6.07) is 9.97. The van der Waals surface area contributed by atoms with E-state index < -0.39 is 15.8 Å². The number of carbonyl (C=O) groups is 1. The second-order valence-electron chi connectivity index (χ2n) is 5.98. The molecule has 0 spiro atoms. The van der Waals surface area contributed by atoms with E-state index >= 15 is 0 Å². The minimum Gasteiger partial charge on any atom is -0.456 e. The normalized spacial score (nSPS) is 15.3. The fraction of sp³-hybridized carbons (Fsp3) is 0.278. The van der Waals surface area contributed by atoms with Crippen LogP contribution < -0.4 is 9.64 Å². The molecule has 0 aromatic heterocycles. The fourth-order valence-electron chi connectivity index (χ4n) is 2.87. The molecule has 1 saturated heterocycles. The molecule has 3 rings (SSSR count). The lowest BCUT2D eigenvalue weighted by molar-refractivity contribution is -0.134. The van der Waals surface area contributed by atoms with Gasteiger partial charge in [0, 0.05) is 37.9 Å². The van der Waals surface area contributed by atoms with Crippen LogP contribution in [0.2, 0.25) is 5.02 Å². The molecule has 0 amide bonds. The minimum atomic E-state index is -3.67. The molecule has 0 saturated carbocycles. The summed E-state index contributed by atoms with van der Waals surface area (Å²) >= 11 is 6.07. The Morgan fingerprint density at radius 3 is 2.39 bits per heavy atom. The molecule has 28 heavy (non-hydrogen) atoms. The van der Waals surface area contributed by atoms with Gasteiger partial charge >= 0.3 is 0 Å². The average molecular weight is 429 g/mol. The van der Waals surface area contributed by atoms with Gasteiger partial charge in [0.15, 0.2) is 0 Å². The third-order valence-corrected chi connectivity index (χ3v) is 6.55. The van der Waals surface area contributed by atoms with Gasteiger partial charge in [-0.15, -0.1) is 0 Å². The van der Waals surface area contributed by atoms with Gasteiger partial charge in [-0.2, -0.15) is 4.31 Å². The van der Waals surface area contributed by atoms with E-state index in [-0.39, 0.29) is 31.3 Å². The predicted octanol–water partition coefficient (Wildman–Crippen LogP) is 2.50. The standard InChI is InChI=1S/C18H18ClFN2O5S/c19-17-6-3-15(11-18(17)27-13-26-12-23)21-7-9-22(10-8-21)28(24,25)16-4-1-14(20)2-5-16/h1-6,11-12H,7-10,13H2. The quantitative estimate of drug-likeness (QED) is 0.383. The Morgan fingerprint density at radius 1 is 1.07 bits per heavy atom. The molecule has 0 unspecified atom stereocenters. The Labute approximate surface area is 167 Å². The summed E-state index contributed by atoms with van der Waals surface area (Å²) in [5.74, 6) is -0.120. The molecule has 0 bridgehead atoms. The third kappa shape index (κ3) is 4.54. The zero-order valence-electron chi connectivity index (χ0n) is 14.8. The highest BCUT2D eigenvalue weighted by Crippen LogP contribution is 2.30. The zero-order chi connectivity index (χ0) is 20.1. The number of halogens is 2. The van der Waals surface area contributed by atoms with Crippen molar-refractivity contribution in [3.63, 3.8) is 0 Å². The molecule has 1 aliphatic heterocycles. The Balaban J connectivity index is 1.67. The predicted molar refractivity (Wildman–Crippen MR) is 101 cm³/mol. The van der Waals surface area contributed by atoms with Gasteiger partial charge in [-0.1, -0.05) is 11.6 Å². The monoisotopic (exact) mass is 428 g/mol. The van der Waals surface area contributed by atoms with Gasteiger partial charge in [0.25, 0.3) is 6.47 Å². The van der Waals surface area contributed by atoms with E-state index in [0.29, 0.717) is 23.9 Å². The Morgan fingerprint density at radius 2 is 1.75 bits per heavy atom. The molecule has 10 heteroatoms. The Hall–Kier alpha value is -2.36. The van der Waals surface area contributed by atoms with Crippen LogP contribution in [0.25, 0.3) is 0 Å². The van der Waals surface area contributed by atoms with Gasteiger partial charge in [-0.3, -0.25) is 4.79 Å². The number of hydrogen-bond donors (Lipinski definition) is 0. The summed E-state index contributed by atoms with van der Waals surface area (Å²) in [7, 11) is -3.67. The smallest absolute Gasteiger partial charge is 0.295 e. The van der Waals surface area contributed by atoms with Crippen molar-refractivity contribution < 1.29 is 27.1 Å². The number of carbonyl (C=O) groups excluding carboxylic acids is 1. The number of nitrogens with zero attached hydrogens (tertiary/aromatic N) is 2. The van der Waals surface area contributed by atoms with Gasteiger partial charge in [-0.25, -0.2) is 12.8 Å². The Bertz CT molecular complexity index is 931. The average Bonchev–Trinajstić information content (AvgIpc) is 2.70. The summed E-state index contributed by atoms with van der Waals surface area (Å²) in [5.41, 5.74) is 0.810. The molecule has 0 aliphatic carbocycles. The second-order valence-corrected chi connectivity index (χ2v) is 8.33. The zero-order valence-corrected chi connectivity index (χ0v) is 16.3. The van der Waals surface area contributed by atoms with Gasteiger partial charge < -0.3 is 14.4 Å². The van der Waals surface area contributed by atoms with Crippen molar-refractivity contribution in [2.75, 3.05) is 37.9 Å². The van der Waals surface area contributed by atoms with E-state index in [9.17, 15) is 17.6 Å². The molecule has 7 nitrogen and oxygen atoms in total. The van der Waals surface area contributed by atoms with Gasteiger partial charge in [0.2, 0.25) is 16.8 Å². The Kier molecular flexibility index (Phi) is 6.38. The maximum Gasteiger partial charge on any atom is 0.295 e. The van der Waals surface area contributed by atoms with Crippen LogP contribution >= 0.6 is 11.6 Å². The van der Waals surface area contributed by atoms with Gasteiger partial charge in [-0.05, 0) is 36.4 Å². The van der Waals surface area contributed by atoms with Crippen molar-refractivity contribution in [1.82, 2.24) is 4.31 Å². The highest BCUT2D eigenvalue weighted by Gasteiger charge is 2.28. The van der Waals surface area contributed by atoms with Crippen LogP contribution in [0.4, 0.5) is 10.1 Å². The summed E-state index contributed by atoms with van der Waals surface area (Å²) in [6.07, 6.45) is 0. The van der Waals surface area contributed by atoms with Crippen molar-refractivity contribution in [3.05, 3.63) is 53.3 Å². The number of ether oxygens (including phenoxy) is 2. The summed E-state index contributed by atoms with van der Waals surface area (Å²) in [4.78, 5) is 12.3. The highest BCUT2D eigenvalue weighted by atomic mass is 35.5. The summed E-state index contributed by atoms with van der Waals surface area (Å²) in [6.45, 7) is 1.52. The minimum absolute atomic E-state index is 0.0692. The number of rotatable bonds is 7. The first-order valence-corrected chi connectivity index (χ1v) is 10.2. The molecule has 150 valence electrons. The van der Waals surface area contributed by atoms with E-state index in [1.807, 2.05) is 4.90 Å². The van der Waals surface area contributed by atoms with Crippen LogP contribution in [0.15, 0.2) is 47.4 Å². The van der Waals surface area contributed by atoms with Crippen LogP contribution in [-0.2, 0) is 19.6 Å². The molecule has 0 N–H and O–H groups in total. The fourth-order valence-corrected chi connectivity index (χ4v) is 4.46. The number of sulfonamides is 1. The molecule has 2 aromatic carbocycles. The van der Waals surface area contributed by atoms with Crippen molar-refractivity contribution in [3.8, 4) is 5.75 Å². The molecule has 1 heterocycles. The number of hydrogen-bond acceptors (Lipinski definition) is 6. The molecule has 2 aromatic rings. The second kappa shape index (κ2) is 8.76. The van der Waals surface area contributed by atoms with Crippen LogP contribution in [0, 0.1) is 5.82 Å². The van der Waals surface area contributed by atoms with Crippen molar-refractivity contribution >= 4 is 33.8 Å². The van der Waals surface area contributed by atoms with Crippen molar-refractivity contribution in [2.24, 2.45) is 0 Å². The lowest BCUT2D eigenvalue weighted by atomic mass is 10.2. The molecular weight excluding hydrogens is 411 g/mol. The molecule has 0 radical (unpaired) electrons. The molecule has 1 fully saturated rings. The third-order valence-electron chi connectivity index (χ3n) is 4.32. The number of anilines is 1. The highest BCUT2D eigenvalue weighted by molar-refractivity contribution is 7.89. The van der Waals surface area contributed by atoms with Crippen LogP contribution in [0.3, 0.4) is 0 Å². The summed E-state index contributed by atoms with van der Waals surface area (Å²) in [5, 5.41) is 0.371. The van der Waals surface area contributed by atoms with Gasteiger partial charge in [0.05, 0.1) is 9.92 Å².